The van der Waals surface area contributed by atoms with Gasteiger partial charge in [0.25, 0.3) is 0 Å². The van der Waals surface area contributed by atoms with Crippen LogP contribution in [0.4, 0.5) is 0 Å². The van der Waals surface area contributed by atoms with Crippen molar-refractivity contribution in [1.29, 1.82) is 0 Å². The first kappa shape index (κ1) is 29.4. The van der Waals surface area contributed by atoms with Crippen molar-refractivity contribution in [2.45, 2.75) is 19.3 Å². The molecule has 1 aliphatic rings. The lowest BCUT2D eigenvalue weighted by molar-refractivity contribution is 0.658. The lowest BCUT2D eigenvalue weighted by Crippen LogP contribution is -2.15. The third kappa shape index (κ3) is 3.86. The first-order valence-electron chi connectivity index (χ1n) is 18.4. The lowest BCUT2D eigenvalue weighted by atomic mass is 9.78. The van der Waals surface area contributed by atoms with E-state index in [9.17, 15) is 0 Å². The Bertz CT molecular complexity index is 3320. The van der Waals surface area contributed by atoms with E-state index in [1.54, 1.807) is 0 Å². The molecular formula is C51H32OS. The van der Waals surface area contributed by atoms with Crippen LogP contribution >= 0.6 is 11.3 Å². The summed E-state index contributed by atoms with van der Waals surface area (Å²) in [7, 11) is 0. The van der Waals surface area contributed by atoms with E-state index >= 15 is 0 Å². The number of fused-ring (bicyclic) bond motifs is 14. The summed E-state index contributed by atoms with van der Waals surface area (Å²) in [6.45, 7) is 4.79. The van der Waals surface area contributed by atoms with Gasteiger partial charge in [-0.05, 0) is 102 Å². The molecule has 0 fully saturated rings. The molecule has 0 unspecified atom stereocenters. The van der Waals surface area contributed by atoms with Crippen LogP contribution in [0.1, 0.15) is 25.0 Å². The highest BCUT2D eigenvalue weighted by atomic mass is 32.1. The van der Waals surface area contributed by atoms with Crippen LogP contribution in [0, 0.1) is 0 Å². The highest BCUT2D eigenvalue weighted by Crippen LogP contribution is 2.58. The van der Waals surface area contributed by atoms with Crippen LogP contribution in [0.15, 0.2) is 162 Å². The molecule has 0 amide bonds. The molecule has 11 aromatic rings. The predicted molar refractivity (Wildman–Crippen MR) is 228 cm³/mol. The van der Waals surface area contributed by atoms with E-state index in [-0.39, 0.29) is 5.41 Å². The van der Waals surface area contributed by atoms with Crippen molar-refractivity contribution < 1.29 is 4.42 Å². The second kappa shape index (κ2) is 10.4. The summed E-state index contributed by atoms with van der Waals surface area (Å²) in [5.41, 5.74) is 12.0. The van der Waals surface area contributed by atoms with Crippen molar-refractivity contribution in [3.63, 3.8) is 0 Å². The zero-order chi connectivity index (χ0) is 35.0. The molecule has 0 aliphatic heterocycles. The van der Waals surface area contributed by atoms with Crippen molar-refractivity contribution in [2.24, 2.45) is 0 Å². The fraction of sp³-hybridized carbons (Fsp3) is 0.0588. The van der Waals surface area contributed by atoms with Crippen molar-refractivity contribution in [3.8, 4) is 33.4 Å². The summed E-state index contributed by atoms with van der Waals surface area (Å²) in [5.74, 6) is 0. The molecule has 2 aromatic heterocycles. The summed E-state index contributed by atoms with van der Waals surface area (Å²) < 4.78 is 9.68. The summed E-state index contributed by atoms with van der Waals surface area (Å²) in [6, 6.07) is 58.4. The van der Waals surface area contributed by atoms with E-state index in [0.717, 1.165) is 16.6 Å². The molecule has 0 radical (unpaired) electrons. The minimum atomic E-state index is -0.229. The van der Waals surface area contributed by atoms with Gasteiger partial charge in [0.05, 0.1) is 0 Å². The van der Waals surface area contributed by atoms with E-state index in [2.05, 4.69) is 172 Å². The second-order valence-electron chi connectivity index (χ2n) is 15.1. The topological polar surface area (TPSA) is 13.1 Å². The molecule has 0 atom stereocenters. The highest BCUT2D eigenvalue weighted by molar-refractivity contribution is 7.25. The average Bonchev–Trinajstić information content (AvgIpc) is 3.84. The third-order valence-corrected chi connectivity index (χ3v) is 13.2. The Kier molecular flexibility index (Phi) is 5.78. The van der Waals surface area contributed by atoms with Gasteiger partial charge in [0.2, 0.25) is 0 Å². The maximum atomic E-state index is 7.03. The van der Waals surface area contributed by atoms with E-state index in [1.165, 1.54) is 102 Å². The lowest BCUT2D eigenvalue weighted by Gasteiger charge is -2.24. The number of hydrogen-bond acceptors (Lipinski definition) is 2. The molecule has 53 heavy (non-hydrogen) atoms. The molecule has 2 heterocycles. The Morgan fingerprint density at radius 2 is 1.08 bits per heavy atom. The van der Waals surface area contributed by atoms with Crippen LogP contribution < -0.4 is 0 Å². The Morgan fingerprint density at radius 1 is 0.453 bits per heavy atom. The molecule has 0 bridgehead atoms. The van der Waals surface area contributed by atoms with E-state index in [0.29, 0.717) is 0 Å². The molecular weight excluding hydrogens is 661 g/mol. The minimum Gasteiger partial charge on any atom is -0.455 e. The molecule has 2 heteroatoms. The minimum absolute atomic E-state index is 0.229. The average molecular weight is 693 g/mol. The monoisotopic (exact) mass is 692 g/mol. The predicted octanol–water partition coefficient (Wildman–Crippen LogP) is 15.1. The van der Waals surface area contributed by atoms with Crippen molar-refractivity contribution in [1.82, 2.24) is 0 Å². The molecule has 0 N–H and O–H groups in total. The van der Waals surface area contributed by atoms with E-state index < -0.39 is 0 Å². The summed E-state index contributed by atoms with van der Waals surface area (Å²) in [6.07, 6.45) is 0. The zero-order valence-corrected chi connectivity index (χ0v) is 30.1. The number of hydrogen-bond donors (Lipinski definition) is 0. The van der Waals surface area contributed by atoms with Gasteiger partial charge in [0, 0.05) is 41.7 Å². The van der Waals surface area contributed by atoms with Gasteiger partial charge >= 0.3 is 0 Å². The Balaban J connectivity index is 1.24. The van der Waals surface area contributed by atoms with Crippen molar-refractivity contribution >= 4 is 85.8 Å². The first-order chi connectivity index (χ1) is 26.1. The number of rotatable bonds is 2. The summed E-state index contributed by atoms with van der Waals surface area (Å²) in [5, 5.41) is 12.4. The highest BCUT2D eigenvalue weighted by Gasteiger charge is 2.40. The van der Waals surface area contributed by atoms with Gasteiger partial charge in [0.1, 0.15) is 11.2 Å². The van der Waals surface area contributed by atoms with Gasteiger partial charge in [0.15, 0.2) is 0 Å². The molecule has 12 rings (SSSR count). The standard InChI is InChI=1S/C51H32OS/c1-51(2)41-21-11-9-20-37(41)47-40(28-42-48(49(47)51)38-25-23-29-13-3-4-14-31(29)50(38)52-42)46-35-18-7-5-16-33(35)45(34-17-6-8-19-36(34)46)30-24-26-44-39(27-30)32-15-10-12-22-43(32)53-44/h3-28H,1-2H3. The van der Waals surface area contributed by atoms with Gasteiger partial charge in [-0.3, -0.25) is 0 Å². The number of furan rings is 1. The SMILES string of the molecule is CC1(C)c2ccccc2-c2c(-c3c4ccccc4c(-c4ccc5sc6ccccc6c5c4)c4ccccc34)cc3oc4c5ccccc5ccc4c3c21. The van der Waals surface area contributed by atoms with Gasteiger partial charge < -0.3 is 4.42 Å². The van der Waals surface area contributed by atoms with Crippen molar-refractivity contribution in [3.05, 3.63) is 169 Å². The van der Waals surface area contributed by atoms with Crippen LogP contribution in [-0.4, -0.2) is 0 Å². The van der Waals surface area contributed by atoms with Crippen LogP contribution in [0.25, 0.3) is 108 Å². The molecule has 9 aromatic carbocycles. The third-order valence-electron chi connectivity index (χ3n) is 12.0. The summed E-state index contributed by atoms with van der Waals surface area (Å²) in [4.78, 5) is 0. The molecule has 0 spiro atoms. The van der Waals surface area contributed by atoms with Gasteiger partial charge in [-0.2, -0.15) is 0 Å². The summed E-state index contributed by atoms with van der Waals surface area (Å²) >= 11 is 1.87. The Hall–Kier alpha value is -6.22. The molecule has 0 saturated carbocycles. The molecule has 1 aliphatic carbocycles. The fourth-order valence-corrected chi connectivity index (χ4v) is 10.8. The Labute approximate surface area is 310 Å². The first-order valence-corrected chi connectivity index (χ1v) is 19.2. The van der Waals surface area contributed by atoms with Crippen LogP contribution in [0.3, 0.4) is 0 Å². The van der Waals surface area contributed by atoms with Gasteiger partial charge in [-0.1, -0.05) is 141 Å². The fourth-order valence-electron chi connectivity index (χ4n) is 9.76. The van der Waals surface area contributed by atoms with Gasteiger partial charge in [-0.15, -0.1) is 11.3 Å². The maximum absolute atomic E-state index is 7.03. The van der Waals surface area contributed by atoms with Crippen LogP contribution in [0.2, 0.25) is 0 Å². The second-order valence-corrected chi connectivity index (χ2v) is 16.2. The number of benzene rings is 9. The van der Waals surface area contributed by atoms with E-state index in [1.807, 2.05) is 11.3 Å². The zero-order valence-electron chi connectivity index (χ0n) is 29.3. The smallest absolute Gasteiger partial charge is 0.143 e. The quantitative estimate of drug-likeness (QED) is 0.164. The normalized spacial score (nSPS) is 13.6. The number of thiophene rings is 1. The van der Waals surface area contributed by atoms with Crippen LogP contribution in [0.5, 0.6) is 0 Å². The Morgan fingerprint density at radius 3 is 1.85 bits per heavy atom. The molecule has 248 valence electrons. The molecule has 0 saturated heterocycles. The van der Waals surface area contributed by atoms with Crippen molar-refractivity contribution in [2.75, 3.05) is 0 Å². The van der Waals surface area contributed by atoms with Crippen LogP contribution in [-0.2, 0) is 5.41 Å². The molecule has 1 nitrogen and oxygen atoms in total. The largest absolute Gasteiger partial charge is 0.455 e. The maximum Gasteiger partial charge on any atom is 0.143 e. The van der Waals surface area contributed by atoms with E-state index in [4.69, 9.17) is 4.42 Å². The van der Waals surface area contributed by atoms with Gasteiger partial charge in [-0.25, -0.2) is 0 Å².